The van der Waals surface area contributed by atoms with Gasteiger partial charge in [-0.05, 0) is 18.1 Å². The van der Waals surface area contributed by atoms with E-state index in [1.54, 1.807) is 6.07 Å². The second-order valence-corrected chi connectivity index (χ2v) is 4.90. The molecule has 0 bridgehead atoms. The van der Waals surface area contributed by atoms with Gasteiger partial charge in [-0.15, -0.1) is 0 Å². The molecule has 1 aromatic heterocycles. The zero-order chi connectivity index (χ0) is 13.9. The summed E-state index contributed by atoms with van der Waals surface area (Å²) in [6.45, 7) is 0.526. The number of ketones is 1. The highest BCUT2D eigenvalue weighted by atomic mass is 16.4. The topological polar surface area (TPSA) is 59.3 Å². The summed E-state index contributed by atoms with van der Waals surface area (Å²) < 4.78 is 5.25. The average molecular weight is 269 g/mol. The molecule has 2 aromatic rings. The van der Waals surface area contributed by atoms with Gasteiger partial charge in [0.25, 0.3) is 0 Å². The Morgan fingerprint density at radius 2 is 1.90 bits per heavy atom. The molecule has 1 N–H and O–H groups in total. The van der Waals surface area contributed by atoms with Crippen molar-refractivity contribution in [1.29, 1.82) is 0 Å². The quantitative estimate of drug-likeness (QED) is 0.930. The molecular weight excluding hydrogens is 254 g/mol. The van der Waals surface area contributed by atoms with Gasteiger partial charge in [-0.3, -0.25) is 4.79 Å². The largest absolute Gasteiger partial charge is 0.426 e. The van der Waals surface area contributed by atoms with E-state index in [4.69, 9.17) is 4.42 Å². The van der Waals surface area contributed by atoms with Crippen LogP contribution in [0.2, 0.25) is 0 Å². The number of Topliss-reactive ketones (excluding diaryl/α,β-unsaturated/α-hetero) is 1. The second kappa shape index (κ2) is 5.33. The third-order valence-corrected chi connectivity index (χ3v) is 3.46. The standard InChI is InChI=1S/C16H15NO3/c18-14-7-4-8-15-12(14)9-13(16(19)20-15)17-10-11-5-2-1-3-6-11/h1-3,5-6,9,17H,4,7-8,10H2. The van der Waals surface area contributed by atoms with E-state index in [0.717, 1.165) is 12.0 Å². The van der Waals surface area contributed by atoms with E-state index < -0.39 is 5.63 Å². The van der Waals surface area contributed by atoms with Crippen molar-refractivity contribution in [2.45, 2.75) is 25.8 Å². The first-order valence-electron chi connectivity index (χ1n) is 6.72. The van der Waals surface area contributed by atoms with Crippen molar-refractivity contribution < 1.29 is 9.21 Å². The van der Waals surface area contributed by atoms with Crippen LogP contribution in [0.1, 0.15) is 34.5 Å². The molecular formula is C16H15NO3. The van der Waals surface area contributed by atoms with E-state index >= 15 is 0 Å². The smallest absolute Gasteiger partial charge is 0.359 e. The van der Waals surface area contributed by atoms with Gasteiger partial charge >= 0.3 is 5.63 Å². The molecule has 1 aromatic carbocycles. The Bertz CT molecular complexity index is 689. The monoisotopic (exact) mass is 269 g/mol. The van der Waals surface area contributed by atoms with Gasteiger partial charge in [0.1, 0.15) is 11.4 Å². The minimum absolute atomic E-state index is 0.0535. The molecule has 3 rings (SSSR count). The number of anilines is 1. The predicted octanol–water partition coefficient (Wildman–Crippen LogP) is 2.77. The van der Waals surface area contributed by atoms with Crippen molar-refractivity contribution >= 4 is 11.5 Å². The molecule has 4 heteroatoms. The SMILES string of the molecule is O=C1CCCc2oc(=O)c(NCc3ccccc3)cc21. The minimum Gasteiger partial charge on any atom is -0.426 e. The van der Waals surface area contributed by atoms with Gasteiger partial charge in [0.05, 0.1) is 5.56 Å². The van der Waals surface area contributed by atoms with E-state index in [9.17, 15) is 9.59 Å². The minimum atomic E-state index is -0.408. The van der Waals surface area contributed by atoms with Gasteiger partial charge in [-0.25, -0.2) is 4.79 Å². The summed E-state index contributed by atoms with van der Waals surface area (Å²) in [5.41, 5.74) is 1.56. The number of aryl methyl sites for hydroxylation is 1. The molecule has 20 heavy (non-hydrogen) atoms. The summed E-state index contributed by atoms with van der Waals surface area (Å²) in [7, 11) is 0. The van der Waals surface area contributed by atoms with Crippen LogP contribution in [-0.4, -0.2) is 5.78 Å². The summed E-state index contributed by atoms with van der Waals surface area (Å²) in [5.74, 6) is 0.578. The highest BCUT2D eigenvalue weighted by molar-refractivity contribution is 5.98. The molecule has 1 aliphatic rings. The van der Waals surface area contributed by atoms with Gasteiger partial charge in [0, 0.05) is 19.4 Å². The Morgan fingerprint density at radius 3 is 2.70 bits per heavy atom. The Kier molecular flexibility index (Phi) is 3.37. The maximum atomic E-state index is 11.9. The van der Waals surface area contributed by atoms with Gasteiger partial charge in [-0.2, -0.15) is 0 Å². The average Bonchev–Trinajstić information content (AvgIpc) is 2.47. The van der Waals surface area contributed by atoms with E-state index in [-0.39, 0.29) is 5.78 Å². The summed E-state index contributed by atoms with van der Waals surface area (Å²) >= 11 is 0. The van der Waals surface area contributed by atoms with Crippen LogP contribution in [-0.2, 0) is 13.0 Å². The number of hydrogen-bond donors (Lipinski definition) is 1. The summed E-state index contributed by atoms with van der Waals surface area (Å²) in [4.78, 5) is 23.7. The molecule has 1 heterocycles. The van der Waals surface area contributed by atoms with Gasteiger partial charge < -0.3 is 9.73 Å². The number of carbonyl (C=O) groups excluding carboxylic acids is 1. The lowest BCUT2D eigenvalue weighted by Crippen LogP contribution is -2.18. The number of hydrogen-bond acceptors (Lipinski definition) is 4. The Hall–Kier alpha value is -2.36. The van der Waals surface area contributed by atoms with Crippen LogP contribution in [0, 0.1) is 0 Å². The number of nitrogens with one attached hydrogen (secondary N) is 1. The van der Waals surface area contributed by atoms with Crippen LogP contribution in [0.15, 0.2) is 45.6 Å². The number of rotatable bonds is 3. The van der Waals surface area contributed by atoms with Crippen LogP contribution in [0.5, 0.6) is 0 Å². The number of benzene rings is 1. The van der Waals surface area contributed by atoms with Gasteiger partial charge in [0.2, 0.25) is 0 Å². The molecule has 0 atom stereocenters. The van der Waals surface area contributed by atoms with Gasteiger partial charge in [0.15, 0.2) is 5.78 Å². The van der Waals surface area contributed by atoms with E-state index in [2.05, 4.69) is 5.32 Å². The van der Waals surface area contributed by atoms with Crippen LogP contribution in [0.25, 0.3) is 0 Å². The van der Waals surface area contributed by atoms with E-state index in [1.165, 1.54) is 0 Å². The molecule has 102 valence electrons. The predicted molar refractivity (Wildman–Crippen MR) is 76.0 cm³/mol. The molecule has 0 aliphatic heterocycles. The molecule has 4 nitrogen and oxygen atoms in total. The summed E-state index contributed by atoms with van der Waals surface area (Å²) in [5, 5.41) is 3.04. The lowest BCUT2D eigenvalue weighted by atomic mass is 9.96. The van der Waals surface area contributed by atoms with Crippen LogP contribution in [0.4, 0.5) is 5.69 Å². The van der Waals surface area contributed by atoms with Crippen LogP contribution >= 0.6 is 0 Å². The van der Waals surface area contributed by atoms with Crippen molar-refractivity contribution in [2.24, 2.45) is 0 Å². The number of carbonyl (C=O) groups is 1. The molecule has 0 amide bonds. The fraction of sp³-hybridized carbons (Fsp3) is 0.250. The molecule has 1 aliphatic carbocycles. The van der Waals surface area contributed by atoms with Crippen molar-refractivity contribution in [3.05, 3.63) is 63.7 Å². The molecule has 0 spiro atoms. The van der Waals surface area contributed by atoms with Crippen molar-refractivity contribution in [3.63, 3.8) is 0 Å². The van der Waals surface area contributed by atoms with E-state index in [1.807, 2.05) is 30.3 Å². The molecule has 0 saturated heterocycles. The zero-order valence-corrected chi connectivity index (χ0v) is 11.0. The highest BCUT2D eigenvalue weighted by Crippen LogP contribution is 2.22. The Morgan fingerprint density at radius 1 is 1.10 bits per heavy atom. The molecule has 0 saturated carbocycles. The Labute approximate surface area is 116 Å². The first-order chi connectivity index (χ1) is 9.74. The normalized spacial score (nSPS) is 13.9. The lowest BCUT2D eigenvalue weighted by molar-refractivity contribution is 0.0966. The molecule has 0 unspecified atom stereocenters. The third kappa shape index (κ3) is 2.50. The second-order valence-electron chi connectivity index (χ2n) is 4.90. The Balaban J connectivity index is 1.85. The highest BCUT2D eigenvalue weighted by Gasteiger charge is 2.21. The maximum absolute atomic E-state index is 11.9. The van der Waals surface area contributed by atoms with Crippen LogP contribution in [0.3, 0.4) is 0 Å². The fourth-order valence-corrected chi connectivity index (χ4v) is 2.39. The molecule has 0 fully saturated rings. The third-order valence-electron chi connectivity index (χ3n) is 3.46. The van der Waals surface area contributed by atoms with Crippen molar-refractivity contribution in [3.8, 4) is 0 Å². The van der Waals surface area contributed by atoms with Gasteiger partial charge in [-0.1, -0.05) is 30.3 Å². The fourth-order valence-electron chi connectivity index (χ4n) is 2.39. The first-order valence-corrected chi connectivity index (χ1v) is 6.72. The maximum Gasteiger partial charge on any atom is 0.359 e. The summed E-state index contributed by atoms with van der Waals surface area (Å²) in [6.07, 6.45) is 1.94. The zero-order valence-electron chi connectivity index (χ0n) is 11.0. The first kappa shape index (κ1) is 12.7. The van der Waals surface area contributed by atoms with E-state index in [0.29, 0.717) is 36.4 Å². The van der Waals surface area contributed by atoms with Crippen molar-refractivity contribution in [2.75, 3.05) is 5.32 Å². The molecule has 0 radical (unpaired) electrons. The summed E-state index contributed by atoms with van der Waals surface area (Å²) in [6, 6.07) is 11.4. The lowest BCUT2D eigenvalue weighted by Gasteiger charge is -2.14. The van der Waals surface area contributed by atoms with Crippen LogP contribution < -0.4 is 10.9 Å². The number of fused-ring (bicyclic) bond motifs is 1. The van der Waals surface area contributed by atoms with Crippen molar-refractivity contribution in [1.82, 2.24) is 0 Å².